The fourth-order valence-corrected chi connectivity index (χ4v) is 1.84. The zero-order valence-corrected chi connectivity index (χ0v) is 12.0. The van der Waals surface area contributed by atoms with Crippen LogP contribution in [0.15, 0.2) is 18.2 Å². The van der Waals surface area contributed by atoms with E-state index in [0.717, 1.165) is 16.8 Å². The van der Waals surface area contributed by atoms with Gasteiger partial charge in [-0.1, -0.05) is 23.8 Å². The minimum absolute atomic E-state index is 0.00413. The van der Waals surface area contributed by atoms with Crippen LogP contribution in [-0.2, 0) is 4.79 Å². The van der Waals surface area contributed by atoms with Gasteiger partial charge in [-0.15, -0.1) is 0 Å². The molecule has 0 bridgehead atoms. The van der Waals surface area contributed by atoms with Crippen molar-refractivity contribution in [3.05, 3.63) is 29.3 Å². The van der Waals surface area contributed by atoms with Gasteiger partial charge in [-0.2, -0.15) is 0 Å². The molecule has 1 aromatic carbocycles. The van der Waals surface area contributed by atoms with Crippen LogP contribution in [0.2, 0.25) is 0 Å². The maximum absolute atomic E-state index is 11.8. The van der Waals surface area contributed by atoms with E-state index >= 15 is 0 Å². The Kier molecular flexibility index (Phi) is 4.67. The summed E-state index contributed by atoms with van der Waals surface area (Å²) < 4.78 is 0. The maximum atomic E-state index is 11.8. The van der Waals surface area contributed by atoms with Gasteiger partial charge < -0.3 is 16.0 Å². The molecular weight excluding hydrogens is 246 g/mol. The lowest BCUT2D eigenvalue weighted by atomic mass is 10.1. The van der Waals surface area contributed by atoms with Crippen LogP contribution in [0.5, 0.6) is 0 Å². The van der Waals surface area contributed by atoms with E-state index in [1.54, 1.807) is 19.0 Å². The third-order valence-corrected chi connectivity index (χ3v) is 2.84. The molecule has 0 radical (unpaired) electrons. The van der Waals surface area contributed by atoms with Crippen LogP contribution in [0.1, 0.15) is 18.1 Å². The van der Waals surface area contributed by atoms with Crippen LogP contribution in [0.3, 0.4) is 0 Å². The van der Waals surface area contributed by atoms with E-state index in [1.807, 2.05) is 32.0 Å². The highest BCUT2D eigenvalue weighted by molar-refractivity contribution is 7.80. The molecule has 0 aromatic heterocycles. The number of thiocarbonyl (C=S) groups is 1. The Hall–Kier alpha value is -1.62. The second-order valence-electron chi connectivity index (χ2n) is 4.51. The summed E-state index contributed by atoms with van der Waals surface area (Å²) in [6.07, 6.45) is 0. The number of anilines is 1. The van der Waals surface area contributed by atoms with Crippen molar-refractivity contribution in [1.29, 1.82) is 0 Å². The van der Waals surface area contributed by atoms with Crippen molar-refractivity contribution in [3.8, 4) is 0 Å². The predicted octanol–water partition coefficient (Wildman–Crippen LogP) is 1.52. The largest absolute Gasteiger partial charge is 0.389 e. The molecule has 18 heavy (non-hydrogen) atoms. The van der Waals surface area contributed by atoms with E-state index in [1.165, 1.54) is 0 Å². The number of nitrogens with two attached hydrogens (primary N) is 1. The molecule has 0 spiro atoms. The smallest absolute Gasteiger partial charge is 0.244 e. The molecule has 0 heterocycles. The number of nitrogens with one attached hydrogen (secondary N) is 1. The molecule has 0 aliphatic rings. The normalized spacial score (nSPS) is 11.8. The second-order valence-corrected chi connectivity index (χ2v) is 4.95. The molecule has 1 amide bonds. The Labute approximate surface area is 113 Å². The van der Waals surface area contributed by atoms with Gasteiger partial charge in [-0.05, 0) is 26.0 Å². The summed E-state index contributed by atoms with van der Waals surface area (Å²) >= 11 is 5.02. The molecule has 4 nitrogen and oxygen atoms in total. The van der Waals surface area contributed by atoms with Gasteiger partial charge in [0.15, 0.2) is 0 Å². The second kappa shape index (κ2) is 5.82. The molecule has 1 atom stereocenters. The maximum Gasteiger partial charge on any atom is 0.244 e. The average Bonchev–Trinajstić information content (AvgIpc) is 2.29. The summed E-state index contributed by atoms with van der Waals surface area (Å²) in [4.78, 5) is 13.7. The molecule has 98 valence electrons. The first-order valence-corrected chi connectivity index (χ1v) is 6.12. The van der Waals surface area contributed by atoms with Gasteiger partial charge >= 0.3 is 0 Å². The van der Waals surface area contributed by atoms with Crippen molar-refractivity contribution in [2.24, 2.45) is 5.73 Å². The van der Waals surface area contributed by atoms with E-state index in [4.69, 9.17) is 18.0 Å². The molecule has 0 saturated heterocycles. The van der Waals surface area contributed by atoms with Crippen molar-refractivity contribution < 1.29 is 4.79 Å². The Bertz CT molecular complexity index is 471. The average molecular weight is 265 g/mol. The van der Waals surface area contributed by atoms with Crippen molar-refractivity contribution in [1.82, 2.24) is 4.90 Å². The summed E-state index contributed by atoms with van der Waals surface area (Å²) in [5.74, 6) is 0.00413. The first kappa shape index (κ1) is 14.4. The monoisotopic (exact) mass is 265 g/mol. The molecule has 3 N–H and O–H groups in total. The number of likely N-dealkylation sites (N-methyl/N-ethyl adjacent to an activating group) is 1. The molecule has 0 aliphatic heterocycles. The number of benzene rings is 1. The van der Waals surface area contributed by atoms with Crippen LogP contribution in [0, 0.1) is 6.92 Å². The van der Waals surface area contributed by atoms with Gasteiger partial charge in [0.25, 0.3) is 0 Å². The van der Waals surface area contributed by atoms with Gasteiger partial charge in [0.1, 0.15) is 11.0 Å². The Morgan fingerprint density at radius 2 is 2.06 bits per heavy atom. The van der Waals surface area contributed by atoms with Gasteiger partial charge in [0.2, 0.25) is 5.91 Å². The Balaban J connectivity index is 2.97. The number of hydrogen-bond acceptors (Lipinski definition) is 3. The Morgan fingerprint density at radius 3 is 2.56 bits per heavy atom. The predicted molar refractivity (Wildman–Crippen MR) is 78.8 cm³/mol. The Morgan fingerprint density at radius 1 is 1.44 bits per heavy atom. The SMILES string of the molecule is Cc1ccc(NC(C)C(=O)N(C)C)c(C(N)=S)c1. The molecule has 0 saturated carbocycles. The van der Waals surface area contributed by atoms with E-state index in [2.05, 4.69) is 5.32 Å². The highest BCUT2D eigenvalue weighted by Crippen LogP contribution is 2.18. The zero-order valence-electron chi connectivity index (χ0n) is 11.2. The van der Waals surface area contributed by atoms with Crippen LogP contribution in [0.4, 0.5) is 5.69 Å². The molecule has 1 unspecified atom stereocenters. The summed E-state index contributed by atoms with van der Waals surface area (Å²) in [5, 5.41) is 3.14. The highest BCUT2D eigenvalue weighted by atomic mass is 32.1. The lowest BCUT2D eigenvalue weighted by Gasteiger charge is -2.20. The number of hydrogen-bond donors (Lipinski definition) is 2. The van der Waals surface area contributed by atoms with Crippen molar-refractivity contribution in [2.75, 3.05) is 19.4 Å². The number of carbonyl (C=O) groups excluding carboxylic acids is 1. The zero-order chi connectivity index (χ0) is 13.9. The van der Waals surface area contributed by atoms with Gasteiger partial charge in [0.05, 0.1) is 0 Å². The van der Waals surface area contributed by atoms with Crippen LogP contribution in [-0.4, -0.2) is 35.9 Å². The van der Waals surface area contributed by atoms with E-state index in [9.17, 15) is 4.79 Å². The van der Waals surface area contributed by atoms with E-state index < -0.39 is 0 Å². The highest BCUT2D eigenvalue weighted by Gasteiger charge is 2.16. The van der Waals surface area contributed by atoms with E-state index in [-0.39, 0.29) is 11.9 Å². The molecule has 1 rings (SSSR count). The molecule has 5 heteroatoms. The summed E-state index contributed by atoms with van der Waals surface area (Å²) in [5.41, 5.74) is 8.32. The van der Waals surface area contributed by atoms with Crippen LogP contribution in [0.25, 0.3) is 0 Å². The van der Waals surface area contributed by atoms with E-state index in [0.29, 0.717) is 4.99 Å². The topological polar surface area (TPSA) is 58.4 Å². The molecule has 0 fully saturated rings. The minimum Gasteiger partial charge on any atom is -0.389 e. The standard InChI is InChI=1S/C13H19N3OS/c1-8-5-6-11(10(7-8)12(14)18)15-9(2)13(17)16(3)4/h5-7,9,15H,1-4H3,(H2,14,18). The molecule has 1 aromatic rings. The van der Waals surface area contributed by atoms with Crippen LogP contribution < -0.4 is 11.1 Å². The molecule has 0 aliphatic carbocycles. The minimum atomic E-state index is -0.323. The number of aryl methyl sites for hydroxylation is 1. The van der Waals surface area contributed by atoms with Crippen molar-refractivity contribution >= 4 is 28.8 Å². The number of nitrogens with zero attached hydrogens (tertiary/aromatic N) is 1. The van der Waals surface area contributed by atoms with Crippen molar-refractivity contribution in [2.45, 2.75) is 19.9 Å². The third-order valence-electron chi connectivity index (χ3n) is 2.62. The fourth-order valence-electron chi connectivity index (χ4n) is 1.67. The number of amides is 1. The molecular formula is C13H19N3OS. The lowest BCUT2D eigenvalue weighted by Crippen LogP contribution is -2.37. The lowest BCUT2D eigenvalue weighted by molar-refractivity contribution is -0.129. The first-order valence-electron chi connectivity index (χ1n) is 5.71. The van der Waals surface area contributed by atoms with Crippen LogP contribution >= 0.6 is 12.2 Å². The van der Waals surface area contributed by atoms with Gasteiger partial charge in [-0.3, -0.25) is 4.79 Å². The van der Waals surface area contributed by atoms with Gasteiger partial charge in [-0.25, -0.2) is 0 Å². The fraction of sp³-hybridized carbons (Fsp3) is 0.385. The van der Waals surface area contributed by atoms with Gasteiger partial charge in [0, 0.05) is 25.3 Å². The summed E-state index contributed by atoms with van der Waals surface area (Å²) in [7, 11) is 3.45. The number of carbonyl (C=O) groups is 1. The third kappa shape index (κ3) is 3.43. The summed E-state index contributed by atoms with van der Waals surface area (Å²) in [6.45, 7) is 3.78. The quantitative estimate of drug-likeness (QED) is 0.810. The first-order chi connectivity index (χ1) is 8.32. The number of rotatable bonds is 4. The van der Waals surface area contributed by atoms with Crippen molar-refractivity contribution in [3.63, 3.8) is 0 Å². The summed E-state index contributed by atoms with van der Waals surface area (Å²) in [6, 6.07) is 5.44.